The molecule has 7 N–H and O–H groups in total. The number of hydrogen-bond acceptors (Lipinski definition) is 10. The van der Waals surface area contributed by atoms with Crippen LogP contribution in [0.3, 0.4) is 0 Å². The fourth-order valence-electron chi connectivity index (χ4n) is 4.29. The van der Waals surface area contributed by atoms with Gasteiger partial charge in [0.1, 0.15) is 12.1 Å². The van der Waals surface area contributed by atoms with Gasteiger partial charge in [-0.2, -0.15) is 0 Å². The van der Waals surface area contributed by atoms with E-state index in [-0.39, 0.29) is 30.7 Å². The number of β-amino-alcohol motifs (C(OH)–C–C–N with tert-alkyl or cyclic N) is 1. The molecule has 0 bridgehead atoms. The van der Waals surface area contributed by atoms with E-state index in [1.54, 1.807) is 18.5 Å². The first-order valence-corrected chi connectivity index (χ1v) is 13.2. The summed E-state index contributed by atoms with van der Waals surface area (Å²) in [5.74, 6) is -1.05. The summed E-state index contributed by atoms with van der Waals surface area (Å²) in [4.78, 5) is 37.2. The Morgan fingerprint density at radius 3 is 2.44 bits per heavy atom. The SMILES string of the molecule is CC(C)(C)c1cc(-c2cncnc2)cc(C(CC(=O)O)NC(=O)CNc2cc(O)cc(NC3=NCC(O)CN3)c2)c1. The average molecular weight is 562 g/mol. The number of rotatable bonds is 9. The third-order valence-electron chi connectivity index (χ3n) is 6.43. The highest BCUT2D eigenvalue weighted by Crippen LogP contribution is 2.32. The summed E-state index contributed by atoms with van der Waals surface area (Å²) in [6.45, 7) is 6.63. The topological polar surface area (TPSA) is 181 Å². The number of aromatic nitrogens is 2. The maximum atomic E-state index is 13.0. The maximum absolute atomic E-state index is 13.0. The van der Waals surface area contributed by atoms with Crippen molar-refractivity contribution in [2.75, 3.05) is 30.3 Å². The number of aliphatic carboxylic acids is 1. The van der Waals surface area contributed by atoms with Crippen LogP contribution in [0.1, 0.15) is 44.4 Å². The van der Waals surface area contributed by atoms with Crippen LogP contribution in [0.5, 0.6) is 5.75 Å². The molecule has 0 saturated carbocycles. The first-order valence-electron chi connectivity index (χ1n) is 13.2. The quantitative estimate of drug-likeness (QED) is 0.205. The Kier molecular flexibility index (Phi) is 9.03. The van der Waals surface area contributed by atoms with E-state index in [1.165, 1.54) is 18.5 Å². The lowest BCUT2D eigenvalue weighted by Gasteiger charge is -2.25. The number of aliphatic hydroxyl groups excluding tert-OH is 1. The second kappa shape index (κ2) is 12.6. The second-order valence-electron chi connectivity index (χ2n) is 10.9. The van der Waals surface area contributed by atoms with Gasteiger partial charge in [-0.3, -0.25) is 14.6 Å². The lowest BCUT2D eigenvalue weighted by molar-refractivity contribution is -0.137. The first-order chi connectivity index (χ1) is 19.5. The molecule has 2 atom stereocenters. The van der Waals surface area contributed by atoms with Gasteiger partial charge in [-0.25, -0.2) is 9.97 Å². The number of carbonyl (C=O) groups is 2. The maximum Gasteiger partial charge on any atom is 0.305 e. The fourth-order valence-corrected chi connectivity index (χ4v) is 4.29. The van der Waals surface area contributed by atoms with Crippen molar-refractivity contribution in [3.63, 3.8) is 0 Å². The summed E-state index contributed by atoms with van der Waals surface area (Å²) < 4.78 is 0. The number of anilines is 2. The van der Waals surface area contributed by atoms with E-state index in [9.17, 15) is 24.9 Å². The Morgan fingerprint density at radius 2 is 1.78 bits per heavy atom. The van der Waals surface area contributed by atoms with E-state index in [0.717, 1.165) is 16.7 Å². The zero-order valence-electron chi connectivity index (χ0n) is 23.2. The van der Waals surface area contributed by atoms with Gasteiger partial charge >= 0.3 is 5.97 Å². The number of carboxylic acid groups (broad SMARTS) is 1. The molecule has 12 heteroatoms. The van der Waals surface area contributed by atoms with Gasteiger partial charge in [-0.1, -0.05) is 32.9 Å². The predicted octanol–water partition coefficient (Wildman–Crippen LogP) is 2.62. The van der Waals surface area contributed by atoms with E-state index >= 15 is 0 Å². The number of phenols is 1. The highest BCUT2D eigenvalue weighted by atomic mass is 16.4. The molecule has 1 aliphatic heterocycles. The Bertz CT molecular complexity index is 1420. The Balaban J connectivity index is 1.51. The number of guanidine groups is 1. The second-order valence-corrected chi connectivity index (χ2v) is 10.9. The van der Waals surface area contributed by atoms with Gasteiger partial charge in [-0.05, 0) is 34.2 Å². The number of aromatic hydroxyl groups is 1. The molecule has 216 valence electrons. The molecule has 1 aliphatic rings. The molecule has 0 aliphatic carbocycles. The minimum Gasteiger partial charge on any atom is -0.508 e. The van der Waals surface area contributed by atoms with E-state index < -0.39 is 24.0 Å². The summed E-state index contributed by atoms with van der Waals surface area (Å²) >= 11 is 0. The molecule has 2 aromatic carbocycles. The smallest absolute Gasteiger partial charge is 0.305 e. The van der Waals surface area contributed by atoms with Crippen molar-refractivity contribution >= 4 is 29.2 Å². The van der Waals surface area contributed by atoms with Crippen molar-refractivity contribution in [3.05, 3.63) is 66.2 Å². The van der Waals surface area contributed by atoms with Crippen molar-refractivity contribution in [3.8, 4) is 16.9 Å². The number of nitrogens with one attached hydrogen (secondary N) is 4. The zero-order chi connectivity index (χ0) is 29.6. The van der Waals surface area contributed by atoms with Crippen LogP contribution in [-0.2, 0) is 15.0 Å². The van der Waals surface area contributed by atoms with Gasteiger partial charge < -0.3 is 36.6 Å². The van der Waals surface area contributed by atoms with Gasteiger partial charge in [0.25, 0.3) is 0 Å². The van der Waals surface area contributed by atoms with Crippen molar-refractivity contribution < 1.29 is 24.9 Å². The van der Waals surface area contributed by atoms with Crippen LogP contribution in [-0.4, -0.2) is 68.9 Å². The third kappa shape index (κ3) is 8.39. The van der Waals surface area contributed by atoms with Gasteiger partial charge in [0, 0.05) is 48.0 Å². The number of phenolic OH excluding ortho intramolecular Hbond substituents is 1. The summed E-state index contributed by atoms with van der Waals surface area (Å²) in [6, 6.07) is 9.66. The molecule has 1 aromatic heterocycles. The monoisotopic (exact) mass is 561 g/mol. The molecule has 4 rings (SSSR count). The molecule has 41 heavy (non-hydrogen) atoms. The number of aliphatic hydroxyl groups is 1. The molecule has 1 amide bonds. The highest BCUT2D eigenvalue weighted by Gasteiger charge is 2.23. The lowest BCUT2D eigenvalue weighted by atomic mass is 9.83. The van der Waals surface area contributed by atoms with Crippen molar-refractivity contribution in [2.24, 2.45) is 4.99 Å². The molecule has 0 spiro atoms. The molecule has 0 saturated heterocycles. The van der Waals surface area contributed by atoms with Crippen LogP contribution in [0.2, 0.25) is 0 Å². The number of amides is 1. The summed E-state index contributed by atoms with van der Waals surface area (Å²) in [5.41, 5.74) is 3.98. The molecular weight excluding hydrogens is 526 g/mol. The minimum atomic E-state index is -1.05. The van der Waals surface area contributed by atoms with Crippen molar-refractivity contribution in [1.82, 2.24) is 20.6 Å². The standard InChI is InChI=1S/C29H35N7O5/c1-29(2,3)20-5-17(19-11-30-16-31-12-19)4-18(6-20)25(10-27(40)41)36-26(39)15-32-21-7-22(9-23(37)8-21)35-28-33-13-24(38)14-34-28/h4-9,11-12,16,24-25,32,37-38H,10,13-15H2,1-3H3,(H,36,39)(H,40,41)(H2,33,34,35). The highest BCUT2D eigenvalue weighted by molar-refractivity contribution is 5.95. The van der Waals surface area contributed by atoms with Crippen LogP contribution >= 0.6 is 0 Å². The van der Waals surface area contributed by atoms with Gasteiger partial charge in [0.2, 0.25) is 5.91 Å². The number of nitrogens with zero attached hydrogens (tertiary/aromatic N) is 3. The minimum absolute atomic E-state index is 0.0328. The lowest BCUT2D eigenvalue weighted by Crippen LogP contribution is -2.42. The predicted molar refractivity (Wildman–Crippen MR) is 156 cm³/mol. The fraction of sp³-hybridized carbons (Fsp3) is 0.345. The van der Waals surface area contributed by atoms with Crippen molar-refractivity contribution in [2.45, 2.75) is 44.8 Å². The Labute approximate surface area is 238 Å². The Morgan fingerprint density at radius 1 is 1.05 bits per heavy atom. The van der Waals surface area contributed by atoms with Crippen LogP contribution in [0.4, 0.5) is 11.4 Å². The van der Waals surface area contributed by atoms with Gasteiger partial charge in [0.15, 0.2) is 5.96 Å². The molecule has 2 heterocycles. The number of carboxylic acids is 1. The normalized spacial score (nSPS) is 15.7. The van der Waals surface area contributed by atoms with Crippen LogP contribution in [0.25, 0.3) is 11.1 Å². The first kappa shape index (κ1) is 29.3. The van der Waals surface area contributed by atoms with Crippen LogP contribution in [0, 0.1) is 0 Å². The summed E-state index contributed by atoms with van der Waals surface area (Å²) in [7, 11) is 0. The number of hydrogen-bond donors (Lipinski definition) is 7. The molecule has 0 fully saturated rings. The Hall–Kier alpha value is -4.71. The van der Waals surface area contributed by atoms with Crippen LogP contribution < -0.4 is 21.3 Å². The molecule has 2 unspecified atom stereocenters. The largest absolute Gasteiger partial charge is 0.508 e. The zero-order valence-corrected chi connectivity index (χ0v) is 23.2. The number of carbonyl (C=O) groups excluding carboxylic acids is 1. The van der Waals surface area contributed by atoms with E-state index in [1.807, 2.05) is 18.2 Å². The molecule has 12 nitrogen and oxygen atoms in total. The van der Waals surface area contributed by atoms with E-state index in [2.05, 4.69) is 57.0 Å². The van der Waals surface area contributed by atoms with Gasteiger partial charge in [0.05, 0.1) is 31.7 Å². The average Bonchev–Trinajstić information content (AvgIpc) is 2.92. The molecule has 3 aromatic rings. The summed E-state index contributed by atoms with van der Waals surface area (Å²) in [6.07, 6.45) is 3.95. The molecular formula is C29H35N7O5. The van der Waals surface area contributed by atoms with Gasteiger partial charge in [-0.15, -0.1) is 0 Å². The van der Waals surface area contributed by atoms with E-state index in [0.29, 0.717) is 29.4 Å². The number of aliphatic imine (C=N–C) groups is 1. The number of benzene rings is 2. The third-order valence-corrected chi connectivity index (χ3v) is 6.43. The van der Waals surface area contributed by atoms with Crippen LogP contribution in [0.15, 0.2) is 60.1 Å². The molecule has 0 radical (unpaired) electrons. The van der Waals surface area contributed by atoms with Crippen molar-refractivity contribution in [1.29, 1.82) is 0 Å². The summed E-state index contributed by atoms with van der Waals surface area (Å²) in [5, 5.41) is 41.2. The van der Waals surface area contributed by atoms with E-state index in [4.69, 9.17) is 0 Å².